The predicted molar refractivity (Wildman–Crippen MR) is 96.7 cm³/mol. The second-order valence-electron chi connectivity index (χ2n) is 5.81. The molecule has 0 unspecified atom stereocenters. The highest BCUT2D eigenvalue weighted by Crippen LogP contribution is 2.21. The molecule has 0 atom stereocenters. The second kappa shape index (κ2) is 6.79. The maximum absolute atomic E-state index is 12.7. The van der Waals surface area contributed by atoms with Gasteiger partial charge in [0.05, 0.1) is 16.6 Å². The molecule has 3 N–H and O–H groups in total. The highest BCUT2D eigenvalue weighted by Gasteiger charge is 2.14. The first-order chi connectivity index (χ1) is 13.1. The van der Waals surface area contributed by atoms with Gasteiger partial charge in [0.15, 0.2) is 6.61 Å². The predicted octanol–water partition coefficient (Wildman–Crippen LogP) is 2.38. The number of para-hydroxylation sites is 1. The van der Waals surface area contributed by atoms with Crippen LogP contribution in [0.1, 0.15) is 22.1 Å². The third-order valence-corrected chi connectivity index (χ3v) is 3.83. The average molecular weight is 365 g/mol. The molecule has 0 aliphatic rings. The summed E-state index contributed by atoms with van der Waals surface area (Å²) in [5.74, 6) is 0.892. The molecule has 2 heterocycles. The first-order valence-electron chi connectivity index (χ1n) is 8.13. The minimum absolute atomic E-state index is 0.0815. The second-order valence-corrected chi connectivity index (χ2v) is 5.81. The van der Waals surface area contributed by atoms with Crippen molar-refractivity contribution in [2.24, 2.45) is 0 Å². The van der Waals surface area contributed by atoms with Crippen LogP contribution in [-0.2, 0) is 6.61 Å². The Labute approximate surface area is 152 Å². The summed E-state index contributed by atoms with van der Waals surface area (Å²) in [6, 6.07) is 11.9. The Morgan fingerprint density at radius 2 is 2.00 bits per heavy atom. The van der Waals surface area contributed by atoms with Crippen molar-refractivity contribution in [3.05, 3.63) is 70.2 Å². The Morgan fingerprint density at radius 1 is 1.19 bits per heavy atom. The zero-order valence-electron chi connectivity index (χ0n) is 14.3. The van der Waals surface area contributed by atoms with Gasteiger partial charge in [-0.25, -0.2) is 4.79 Å². The molecule has 1 amide bonds. The van der Waals surface area contributed by atoms with E-state index in [0.29, 0.717) is 39.7 Å². The number of aryl methyl sites for hydroxylation is 1. The lowest BCUT2D eigenvalue weighted by molar-refractivity contribution is 0.102. The number of carbonyl (C=O) groups is 1. The standard InChI is InChI=1S/C18H15N5O4/c1-10-19-16(23-27-10)9-26-15-5-3-2-4-12(15)17(24)20-11-6-7-13-14(8-11)22-18(25)21-13/h2-8H,9H2,1H3,(H,20,24)(H2,21,22,25). The molecule has 9 nitrogen and oxygen atoms in total. The number of benzene rings is 2. The molecule has 0 saturated carbocycles. The molecule has 27 heavy (non-hydrogen) atoms. The molecule has 4 aromatic rings. The van der Waals surface area contributed by atoms with Crippen molar-refractivity contribution in [3.8, 4) is 5.75 Å². The fourth-order valence-corrected chi connectivity index (χ4v) is 2.63. The van der Waals surface area contributed by atoms with Gasteiger partial charge in [-0.05, 0) is 30.3 Å². The van der Waals surface area contributed by atoms with Crippen LogP contribution < -0.4 is 15.7 Å². The van der Waals surface area contributed by atoms with E-state index in [1.807, 2.05) is 0 Å². The number of ether oxygens (including phenoxy) is 1. The smallest absolute Gasteiger partial charge is 0.323 e. The fourth-order valence-electron chi connectivity index (χ4n) is 2.63. The maximum atomic E-state index is 12.7. The van der Waals surface area contributed by atoms with Gasteiger partial charge in [-0.2, -0.15) is 4.98 Å². The Balaban J connectivity index is 1.53. The molecular formula is C18H15N5O4. The van der Waals surface area contributed by atoms with Crippen molar-refractivity contribution in [2.45, 2.75) is 13.5 Å². The number of fused-ring (bicyclic) bond motifs is 1. The van der Waals surface area contributed by atoms with Crippen molar-refractivity contribution in [1.29, 1.82) is 0 Å². The average Bonchev–Trinajstić information content (AvgIpc) is 3.24. The molecule has 0 aliphatic heterocycles. The van der Waals surface area contributed by atoms with Crippen molar-refractivity contribution < 1.29 is 14.1 Å². The number of aromatic nitrogens is 4. The number of hydrogen-bond acceptors (Lipinski definition) is 6. The zero-order chi connectivity index (χ0) is 18.8. The molecule has 0 bridgehead atoms. The van der Waals surface area contributed by atoms with Gasteiger partial charge in [-0.1, -0.05) is 17.3 Å². The lowest BCUT2D eigenvalue weighted by Crippen LogP contribution is -2.13. The summed E-state index contributed by atoms with van der Waals surface area (Å²) in [7, 11) is 0. The molecule has 0 fully saturated rings. The number of anilines is 1. The Bertz CT molecular complexity index is 1170. The minimum Gasteiger partial charge on any atom is -0.485 e. The van der Waals surface area contributed by atoms with E-state index in [0.717, 1.165) is 0 Å². The minimum atomic E-state index is -0.341. The summed E-state index contributed by atoms with van der Waals surface area (Å²) in [5.41, 5.74) is 1.88. The fraction of sp³-hybridized carbons (Fsp3) is 0.111. The highest BCUT2D eigenvalue weighted by molar-refractivity contribution is 6.06. The first-order valence-corrected chi connectivity index (χ1v) is 8.13. The van der Waals surface area contributed by atoms with Crippen LogP contribution >= 0.6 is 0 Å². The van der Waals surface area contributed by atoms with Crippen LogP contribution in [0.4, 0.5) is 5.69 Å². The molecule has 0 saturated heterocycles. The van der Waals surface area contributed by atoms with E-state index in [1.165, 1.54) is 0 Å². The number of rotatable bonds is 5. The molecule has 0 spiro atoms. The molecule has 2 aromatic carbocycles. The monoisotopic (exact) mass is 365 g/mol. The quantitative estimate of drug-likeness (QED) is 0.498. The number of imidazole rings is 1. The van der Waals surface area contributed by atoms with Gasteiger partial charge in [-0.3, -0.25) is 4.79 Å². The first kappa shape index (κ1) is 16.6. The van der Waals surface area contributed by atoms with Gasteiger partial charge in [0.1, 0.15) is 5.75 Å². The van der Waals surface area contributed by atoms with Gasteiger partial charge < -0.3 is 24.5 Å². The van der Waals surface area contributed by atoms with E-state index in [1.54, 1.807) is 49.4 Å². The lowest BCUT2D eigenvalue weighted by Gasteiger charge is -2.10. The van der Waals surface area contributed by atoms with Crippen LogP contribution in [0, 0.1) is 6.92 Å². The van der Waals surface area contributed by atoms with Gasteiger partial charge in [0, 0.05) is 12.6 Å². The summed E-state index contributed by atoms with van der Waals surface area (Å²) >= 11 is 0. The number of hydrogen-bond donors (Lipinski definition) is 3. The van der Waals surface area contributed by atoms with E-state index < -0.39 is 0 Å². The summed E-state index contributed by atoms with van der Waals surface area (Å²) < 4.78 is 10.6. The topological polar surface area (TPSA) is 126 Å². The van der Waals surface area contributed by atoms with Gasteiger partial charge in [-0.15, -0.1) is 0 Å². The summed E-state index contributed by atoms with van der Waals surface area (Å²) in [4.78, 5) is 33.4. The molecule has 0 aliphatic carbocycles. The zero-order valence-corrected chi connectivity index (χ0v) is 14.3. The molecular weight excluding hydrogens is 350 g/mol. The van der Waals surface area contributed by atoms with Crippen LogP contribution in [0.25, 0.3) is 11.0 Å². The van der Waals surface area contributed by atoms with Crippen molar-refractivity contribution >= 4 is 22.6 Å². The van der Waals surface area contributed by atoms with Gasteiger partial charge in [0.2, 0.25) is 11.7 Å². The van der Waals surface area contributed by atoms with Gasteiger partial charge in [0.25, 0.3) is 5.91 Å². The normalized spacial score (nSPS) is 10.9. The van der Waals surface area contributed by atoms with Crippen molar-refractivity contribution in [2.75, 3.05) is 5.32 Å². The number of aromatic amines is 2. The molecule has 136 valence electrons. The van der Waals surface area contributed by atoms with Crippen LogP contribution in [0.3, 0.4) is 0 Å². The van der Waals surface area contributed by atoms with Crippen LogP contribution in [0.15, 0.2) is 51.8 Å². The third kappa shape index (κ3) is 3.56. The number of nitrogens with one attached hydrogen (secondary N) is 3. The van der Waals surface area contributed by atoms with Crippen LogP contribution in [-0.4, -0.2) is 26.0 Å². The van der Waals surface area contributed by atoms with Crippen LogP contribution in [0.5, 0.6) is 5.75 Å². The van der Waals surface area contributed by atoms with E-state index in [-0.39, 0.29) is 18.2 Å². The van der Waals surface area contributed by atoms with E-state index in [2.05, 4.69) is 25.4 Å². The number of H-pyrrole nitrogens is 2. The summed E-state index contributed by atoms with van der Waals surface area (Å²) in [6.07, 6.45) is 0. The SMILES string of the molecule is Cc1nc(COc2ccccc2C(=O)Nc2ccc3[nH]c(=O)[nH]c3c2)no1. The molecule has 9 heteroatoms. The number of amides is 1. The van der Waals surface area contributed by atoms with Crippen molar-refractivity contribution in [1.82, 2.24) is 20.1 Å². The summed E-state index contributed by atoms with van der Waals surface area (Å²) in [6.45, 7) is 1.77. The van der Waals surface area contributed by atoms with E-state index in [9.17, 15) is 9.59 Å². The molecule has 4 rings (SSSR count). The van der Waals surface area contributed by atoms with Crippen molar-refractivity contribution in [3.63, 3.8) is 0 Å². The highest BCUT2D eigenvalue weighted by atomic mass is 16.5. The Morgan fingerprint density at radius 3 is 2.81 bits per heavy atom. The lowest BCUT2D eigenvalue weighted by atomic mass is 10.1. The Hall–Kier alpha value is -3.88. The van der Waals surface area contributed by atoms with E-state index in [4.69, 9.17) is 9.26 Å². The number of nitrogens with zero attached hydrogens (tertiary/aromatic N) is 2. The third-order valence-electron chi connectivity index (χ3n) is 3.83. The van der Waals surface area contributed by atoms with Crippen LogP contribution in [0.2, 0.25) is 0 Å². The largest absolute Gasteiger partial charge is 0.485 e. The summed E-state index contributed by atoms with van der Waals surface area (Å²) in [5, 5.41) is 6.56. The Kier molecular flexibility index (Phi) is 4.17. The van der Waals surface area contributed by atoms with Gasteiger partial charge >= 0.3 is 5.69 Å². The molecule has 0 radical (unpaired) electrons. The number of carbonyl (C=O) groups excluding carboxylic acids is 1. The van der Waals surface area contributed by atoms with E-state index >= 15 is 0 Å². The maximum Gasteiger partial charge on any atom is 0.323 e. The molecule has 2 aromatic heterocycles.